The lowest BCUT2D eigenvalue weighted by molar-refractivity contribution is 0.0136. The van der Waals surface area contributed by atoms with E-state index in [1.54, 1.807) is 30.3 Å². The average Bonchev–Trinajstić information content (AvgIpc) is 2.74. The molecule has 1 aliphatic heterocycles. The summed E-state index contributed by atoms with van der Waals surface area (Å²) < 4.78 is 0. The number of carbonyl (C=O) groups excluding carboxylic acids is 1. The molecule has 2 amide bonds. The summed E-state index contributed by atoms with van der Waals surface area (Å²) in [7, 11) is 2.13. The van der Waals surface area contributed by atoms with Gasteiger partial charge in [0.05, 0.1) is 17.7 Å². The lowest BCUT2D eigenvalue weighted by Gasteiger charge is -2.57. The number of phenols is 1. The summed E-state index contributed by atoms with van der Waals surface area (Å²) in [6.07, 6.45) is 1.77. The van der Waals surface area contributed by atoms with Crippen molar-refractivity contribution in [2.24, 2.45) is 0 Å². The van der Waals surface area contributed by atoms with Gasteiger partial charge in [0, 0.05) is 23.7 Å². The van der Waals surface area contributed by atoms with Crippen LogP contribution in [0, 0.1) is 11.3 Å². The summed E-state index contributed by atoms with van der Waals surface area (Å²) in [5, 5.41) is 22.1. The standard InChI is InChI=1S/C24H28N4O2/c1-4-28(23(30)26-18-8-5-16(15-25)6-9-18)22-21-13-17-7-10-19(29)14-20(17)24(22,2)11-12-27(21)3/h5-10,14,21-22,29H,4,11-13H2,1-3H3,(H,26,30)/t21-,22-,24-/m1/s1. The highest BCUT2D eigenvalue weighted by Gasteiger charge is 2.53. The molecule has 1 saturated heterocycles. The number of nitriles is 1. The van der Waals surface area contributed by atoms with Crippen molar-refractivity contribution in [1.29, 1.82) is 5.26 Å². The van der Waals surface area contributed by atoms with Crippen molar-refractivity contribution in [3.63, 3.8) is 0 Å². The number of amides is 2. The minimum Gasteiger partial charge on any atom is -0.508 e. The van der Waals surface area contributed by atoms with Gasteiger partial charge in [-0.1, -0.05) is 13.0 Å². The monoisotopic (exact) mass is 404 g/mol. The number of phenolic OH excluding ortho intramolecular Hbond substituents is 1. The highest BCUT2D eigenvalue weighted by Crippen LogP contribution is 2.47. The van der Waals surface area contributed by atoms with Crippen molar-refractivity contribution in [3.8, 4) is 11.8 Å². The number of nitrogens with one attached hydrogen (secondary N) is 1. The van der Waals surface area contributed by atoms with Crippen molar-refractivity contribution >= 4 is 11.7 Å². The Kier molecular flexibility index (Phi) is 5.17. The number of rotatable bonds is 3. The highest BCUT2D eigenvalue weighted by molar-refractivity contribution is 5.90. The first kappa shape index (κ1) is 20.2. The third-order valence-electron chi connectivity index (χ3n) is 6.91. The molecule has 0 spiro atoms. The molecular weight excluding hydrogens is 376 g/mol. The summed E-state index contributed by atoms with van der Waals surface area (Å²) >= 11 is 0. The number of likely N-dealkylation sites (tertiary alicyclic amines) is 1. The summed E-state index contributed by atoms with van der Waals surface area (Å²) in [5.74, 6) is 0.274. The molecule has 0 saturated carbocycles. The molecule has 156 valence electrons. The van der Waals surface area contributed by atoms with Crippen LogP contribution in [0.3, 0.4) is 0 Å². The predicted molar refractivity (Wildman–Crippen MR) is 117 cm³/mol. The van der Waals surface area contributed by atoms with Gasteiger partial charge < -0.3 is 20.2 Å². The molecule has 2 aromatic carbocycles. The van der Waals surface area contributed by atoms with Gasteiger partial charge in [0.2, 0.25) is 0 Å². The third kappa shape index (κ3) is 3.29. The first-order chi connectivity index (χ1) is 14.4. The zero-order valence-electron chi connectivity index (χ0n) is 17.7. The predicted octanol–water partition coefficient (Wildman–Crippen LogP) is 3.70. The SMILES string of the molecule is CCN(C(=O)Nc1ccc(C#N)cc1)[C@@H]1[C@H]2Cc3ccc(O)cc3[C@@]1(C)CCN2C. The maximum absolute atomic E-state index is 13.3. The Labute approximate surface area is 177 Å². The van der Waals surface area contributed by atoms with E-state index in [1.165, 1.54) is 5.56 Å². The fourth-order valence-corrected chi connectivity index (χ4v) is 5.29. The largest absolute Gasteiger partial charge is 0.508 e. The number of fused-ring (bicyclic) bond motifs is 4. The number of hydrogen-bond acceptors (Lipinski definition) is 4. The number of benzene rings is 2. The number of piperidine rings is 1. The molecule has 4 rings (SSSR count). The van der Waals surface area contributed by atoms with Gasteiger partial charge in [0.15, 0.2) is 0 Å². The van der Waals surface area contributed by atoms with Crippen LogP contribution in [0.5, 0.6) is 5.75 Å². The number of aromatic hydroxyl groups is 1. The van der Waals surface area contributed by atoms with Gasteiger partial charge in [-0.15, -0.1) is 0 Å². The zero-order valence-corrected chi connectivity index (χ0v) is 17.7. The van der Waals surface area contributed by atoms with E-state index >= 15 is 0 Å². The van der Waals surface area contributed by atoms with Gasteiger partial charge >= 0.3 is 6.03 Å². The van der Waals surface area contributed by atoms with E-state index in [1.807, 2.05) is 24.0 Å². The molecule has 1 aliphatic carbocycles. The van der Waals surface area contributed by atoms with Crippen LogP contribution < -0.4 is 5.32 Å². The number of nitrogens with zero attached hydrogens (tertiary/aromatic N) is 3. The van der Waals surface area contributed by atoms with Crippen LogP contribution in [-0.4, -0.2) is 53.2 Å². The first-order valence-electron chi connectivity index (χ1n) is 10.5. The molecule has 1 heterocycles. The lowest BCUT2D eigenvalue weighted by Crippen LogP contribution is -2.68. The van der Waals surface area contributed by atoms with Crippen molar-refractivity contribution in [3.05, 3.63) is 59.2 Å². The van der Waals surface area contributed by atoms with Gasteiger partial charge in [-0.25, -0.2) is 4.79 Å². The first-order valence-corrected chi connectivity index (χ1v) is 10.5. The maximum Gasteiger partial charge on any atom is 0.322 e. The van der Waals surface area contributed by atoms with Gasteiger partial charge in [-0.05, 0) is 80.9 Å². The third-order valence-corrected chi connectivity index (χ3v) is 6.91. The van der Waals surface area contributed by atoms with E-state index in [4.69, 9.17) is 5.26 Å². The minimum absolute atomic E-state index is 0.00562. The van der Waals surface area contributed by atoms with Gasteiger partial charge in [0.25, 0.3) is 0 Å². The molecule has 2 N–H and O–H groups in total. The summed E-state index contributed by atoms with van der Waals surface area (Å²) in [5.41, 5.74) is 3.41. The molecule has 0 unspecified atom stereocenters. The highest BCUT2D eigenvalue weighted by atomic mass is 16.3. The van der Waals surface area contributed by atoms with Gasteiger partial charge in [-0.3, -0.25) is 0 Å². The lowest BCUT2D eigenvalue weighted by atomic mass is 9.61. The normalized spacial score (nSPS) is 25.1. The number of likely N-dealkylation sites (N-methyl/N-ethyl adjacent to an activating group) is 2. The molecule has 0 aromatic heterocycles. The van der Waals surface area contributed by atoms with E-state index in [0.717, 1.165) is 24.9 Å². The fraction of sp³-hybridized carbons (Fsp3) is 0.417. The Bertz CT molecular complexity index is 997. The van der Waals surface area contributed by atoms with E-state index in [2.05, 4.69) is 30.3 Å². The Hall–Kier alpha value is -3.04. The molecule has 1 fully saturated rings. The Morgan fingerprint density at radius 2 is 2.07 bits per heavy atom. The van der Waals surface area contributed by atoms with E-state index in [9.17, 15) is 9.90 Å². The molecule has 2 aliphatic rings. The topological polar surface area (TPSA) is 79.6 Å². The smallest absolute Gasteiger partial charge is 0.322 e. The van der Waals surface area contributed by atoms with Crippen LogP contribution in [0.25, 0.3) is 0 Å². The quantitative estimate of drug-likeness (QED) is 0.817. The van der Waals surface area contributed by atoms with Gasteiger partial charge in [0.1, 0.15) is 5.75 Å². The molecule has 3 atom stereocenters. The summed E-state index contributed by atoms with van der Waals surface area (Å²) in [6, 6.07) is 14.8. The van der Waals surface area contributed by atoms with Crippen LogP contribution >= 0.6 is 0 Å². The van der Waals surface area contributed by atoms with Crippen LogP contribution in [0.4, 0.5) is 10.5 Å². The second kappa shape index (κ2) is 7.66. The van der Waals surface area contributed by atoms with Gasteiger partial charge in [-0.2, -0.15) is 5.26 Å². The molecule has 6 nitrogen and oxygen atoms in total. The number of urea groups is 1. The van der Waals surface area contributed by atoms with Crippen molar-refractivity contribution in [2.75, 3.05) is 25.5 Å². The Morgan fingerprint density at radius 1 is 1.33 bits per heavy atom. The molecule has 2 bridgehead atoms. The fourth-order valence-electron chi connectivity index (χ4n) is 5.29. The van der Waals surface area contributed by atoms with E-state index < -0.39 is 0 Å². The molecule has 2 aromatic rings. The number of hydrogen-bond donors (Lipinski definition) is 2. The summed E-state index contributed by atoms with van der Waals surface area (Å²) in [6.45, 7) is 5.78. The average molecular weight is 405 g/mol. The van der Waals surface area contributed by atoms with Crippen LogP contribution in [0.15, 0.2) is 42.5 Å². The minimum atomic E-state index is -0.235. The van der Waals surface area contributed by atoms with Crippen molar-refractivity contribution in [2.45, 2.75) is 44.2 Å². The van der Waals surface area contributed by atoms with Crippen LogP contribution in [0.2, 0.25) is 0 Å². The second-order valence-corrected chi connectivity index (χ2v) is 8.61. The van der Waals surface area contributed by atoms with Crippen molar-refractivity contribution < 1.29 is 9.90 Å². The number of anilines is 1. The maximum atomic E-state index is 13.3. The molecule has 0 radical (unpaired) electrons. The molecular formula is C24H28N4O2. The Balaban J connectivity index is 1.68. The number of carbonyl (C=O) groups is 1. The summed E-state index contributed by atoms with van der Waals surface area (Å²) in [4.78, 5) is 17.6. The van der Waals surface area contributed by atoms with Crippen molar-refractivity contribution in [1.82, 2.24) is 9.80 Å². The van der Waals surface area contributed by atoms with E-state index in [-0.39, 0.29) is 29.3 Å². The second-order valence-electron chi connectivity index (χ2n) is 8.61. The van der Waals surface area contributed by atoms with Crippen LogP contribution in [-0.2, 0) is 11.8 Å². The zero-order chi connectivity index (χ0) is 21.5. The Morgan fingerprint density at radius 3 is 2.73 bits per heavy atom. The molecule has 6 heteroatoms. The van der Waals surface area contributed by atoms with Crippen LogP contribution in [0.1, 0.15) is 37.0 Å². The molecule has 30 heavy (non-hydrogen) atoms. The van der Waals surface area contributed by atoms with E-state index in [0.29, 0.717) is 17.8 Å².